The van der Waals surface area contributed by atoms with E-state index in [-0.39, 0.29) is 31.1 Å². The molecule has 0 aromatic carbocycles. The zero-order chi connectivity index (χ0) is 50.0. The van der Waals surface area contributed by atoms with Gasteiger partial charge in [0.15, 0.2) is 6.10 Å². The maximum atomic E-state index is 12.9. The van der Waals surface area contributed by atoms with E-state index in [9.17, 15) is 14.4 Å². The van der Waals surface area contributed by atoms with Crippen molar-refractivity contribution in [1.82, 2.24) is 0 Å². The van der Waals surface area contributed by atoms with Crippen LogP contribution in [0.15, 0.2) is 60.8 Å². The van der Waals surface area contributed by atoms with E-state index < -0.39 is 6.10 Å². The van der Waals surface area contributed by atoms with Gasteiger partial charge in [0.2, 0.25) is 0 Å². The van der Waals surface area contributed by atoms with Crippen molar-refractivity contribution >= 4 is 17.9 Å². The van der Waals surface area contributed by atoms with Crippen LogP contribution in [0.5, 0.6) is 0 Å². The third-order valence-corrected chi connectivity index (χ3v) is 13.0. The van der Waals surface area contributed by atoms with Crippen molar-refractivity contribution in [2.45, 2.75) is 309 Å². The monoisotopic (exact) mass is 965 g/mol. The highest BCUT2D eigenvalue weighted by Gasteiger charge is 2.19. The minimum absolute atomic E-state index is 0.0804. The Bertz CT molecular complexity index is 1250. The zero-order valence-electron chi connectivity index (χ0n) is 45.8. The van der Waals surface area contributed by atoms with E-state index in [1.54, 1.807) is 0 Å². The molecule has 0 aliphatic carbocycles. The summed E-state index contributed by atoms with van der Waals surface area (Å²) >= 11 is 0. The van der Waals surface area contributed by atoms with Crippen molar-refractivity contribution in [3.63, 3.8) is 0 Å². The molecule has 0 radical (unpaired) electrons. The first-order valence-corrected chi connectivity index (χ1v) is 29.8. The number of hydrogen-bond acceptors (Lipinski definition) is 6. The third kappa shape index (κ3) is 55.9. The van der Waals surface area contributed by atoms with Gasteiger partial charge in [0.05, 0.1) is 0 Å². The Morgan fingerprint density at radius 1 is 0.304 bits per heavy atom. The minimum Gasteiger partial charge on any atom is -0.462 e. The van der Waals surface area contributed by atoms with Gasteiger partial charge in [0, 0.05) is 19.3 Å². The molecule has 6 nitrogen and oxygen atoms in total. The Kier molecular flexibility index (Phi) is 55.3. The Labute approximate surface area is 428 Å². The summed E-state index contributed by atoms with van der Waals surface area (Å²) in [5, 5.41) is 0. The minimum atomic E-state index is -0.784. The first-order valence-electron chi connectivity index (χ1n) is 29.8. The van der Waals surface area contributed by atoms with Crippen LogP contribution in [0.3, 0.4) is 0 Å². The number of carbonyl (C=O) groups excluding carboxylic acids is 3. The summed E-state index contributed by atoms with van der Waals surface area (Å²) in [5.41, 5.74) is 0. The molecular weight excluding hydrogens is 853 g/mol. The maximum absolute atomic E-state index is 12.9. The van der Waals surface area contributed by atoms with Crippen LogP contribution >= 0.6 is 0 Å². The predicted octanol–water partition coefficient (Wildman–Crippen LogP) is 20.0. The first-order chi connectivity index (χ1) is 34.0. The fraction of sp³-hybridized carbons (Fsp3) is 0.794. The Hall–Kier alpha value is -2.89. The number of allylic oxidation sites excluding steroid dienone is 10. The molecule has 0 aromatic heterocycles. The molecule has 0 saturated heterocycles. The highest BCUT2D eigenvalue weighted by molar-refractivity contribution is 5.71. The highest BCUT2D eigenvalue weighted by Crippen LogP contribution is 2.17. The first kappa shape index (κ1) is 66.1. The van der Waals surface area contributed by atoms with E-state index in [1.807, 2.05) is 0 Å². The average molecular weight is 966 g/mol. The summed E-state index contributed by atoms with van der Waals surface area (Å²) in [6, 6.07) is 0. The molecule has 0 fully saturated rings. The van der Waals surface area contributed by atoms with Crippen molar-refractivity contribution in [1.29, 1.82) is 0 Å². The van der Waals surface area contributed by atoms with E-state index in [0.717, 1.165) is 109 Å². The van der Waals surface area contributed by atoms with Gasteiger partial charge in [0.25, 0.3) is 0 Å². The van der Waals surface area contributed by atoms with Crippen molar-refractivity contribution in [3.8, 4) is 0 Å². The van der Waals surface area contributed by atoms with Crippen LogP contribution in [-0.4, -0.2) is 37.2 Å². The summed E-state index contributed by atoms with van der Waals surface area (Å²) in [4.78, 5) is 38.2. The second-order valence-electron chi connectivity index (χ2n) is 19.9. The second kappa shape index (κ2) is 57.7. The number of hydrogen-bond donors (Lipinski definition) is 0. The van der Waals surface area contributed by atoms with Crippen molar-refractivity contribution in [3.05, 3.63) is 60.8 Å². The van der Waals surface area contributed by atoms with E-state index >= 15 is 0 Å². The molecule has 0 aliphatic heterocycles. The molecule has 0 N–H and O–H groups in total. The van der Waals surface area contributed by atoms with Gasteiger partial charge in [-0.1, -0.05) is 261 Å². The van der Waals surface area contributed by atoms with Gasteiger partial charge < -0.3 is 14.2 Å². The van der Waals surface area contributed by atoms with Crippen LogP contribution in [0.4, 0.5) is 0 Å². The summed E-state index contributed by atoms with van der Waals surface area (Å²) in [6.07, 6.45) is 72.1. The van der Waals surface area contributed by atoms with Gasteiger partial charge in [-0.25, -0.2) is 0 Å². The number of rotatable bonds is 54. The molecule has 0 aliphatic rings. The quantitative estimate of drug-likeness (QED) is 0.0262. The number of carbonyl (C=O) groups is 3. The molecule has 0 spiro atoms. The molecule has 1 atom stereocenters. The molecule has 1 unspecified atom stereocenters. The summed E-state index contributed by atoms with van der Waals surface area (Å²) in [6.45, 7) is 6.52. The molecular formula is C63H112O6. The summed E-state index contributed by atoms with van der Waals surface area (Å²) < 4.78 is 16.9. The van der Waals surface area contributed by atoms with Crippen LogP contribution in [0.25, 0.3) is 0 Å². The zero-order valence-corrected chi connectivity index (χ0v) is 45.8. The van der Waals surface area contributed by atoms with Crippen LogP contribution < -0.4 is 0 Å². The lowest BCUT2D eigenvalue weighted by molar-refractivity contribution is -0.167. The normalized spacial score (nSPS) is 12.4. The van der Waals surface area contributed by atoms with Gasteiger partial charge >= 0.3 is 17.9 Å². The van der Waals surface area contributed by atoms with E-state index in [4.69, 9.17) is 14.2 Å². The van der Waals surface area contributed by atoms with Crippen molar-refractivity contribution in [2.75, 3.05) is 13.2 Å². The largest absolute Gasteiger partial charge is 0.462 e. The molecule has 0 rings (SSSR count). The smallest absolute Gasteiger partial charge is 0.306 e. The molecule has 0 amide bonds. The number of esters is 3. The molecule has 400 valence electrons. The molecule has 6 heteroatoms. The van der Waals surface area contributed by atoms with Crippen molar-refractivity contribution in [2.24, 2.45) is 0 Å². The maximum Gasteiger partial charge on any atom is 0.306 e. The lowest BCUT2D eigenvalue weighted by Crippen LogP contribution is -2.30. The predicted molar refractivity (Wildman–Crippen MR) is 298 cm³/mol. The van der Waals surface area contributed by atoms with Gasteiger partial charge in [0.1, 0.15) is 13.2 Å². The van der Waals surface area contributed by atoms with Gasteiger partial charge in [-0.15, -0.1) is 0 Å². The van der Waals surface area contributed by atoms with Gasteiger partial charge in [-0.05, 0) is 83.5 Å². The van der Waals surface area contributed by atoms with Gasteiger partial charge in [-0.2, -0.15) is 0 Å². The second-order valence-corrected chi connectivity index (χ2v) is 19.9. The Balaban J connectivity index is 4.37. The summed E-state index contributed by atoms with van der Waals surface area (Å²) in [7, 11) is 0. The van der Waals surface area contributed by atoms with Crippen molar-refractivity contribution < 1.29 is 28.6 Å². The molecule has 0 heterocycles. The number of ether oxygens (including phenoxy) is 3. The van der Waals surface area contributed by atoms with E-state index in [2.05, 4.69) is 81.5 Å². The molecule has 0 saturated carbocycles. The van der Waals surface area contributed by atoms with E-state index in [0.29, 0.717) is 19.3 Å². The fourth-order valence-electron chi connectivity index (χ4n) is 8.55. The third-order valence-electron chi connectivity index (χ3n) is 13.0. The Morgan fingerprint density at radius 3 is 0.913 bits per heavy atom. The molecule has 69 heavy (non-hydrogen) atoms. The topological polar surface area (TPSA) is 78.9 Å². The SMILES string of the molecule is CC/C=C\C/C=C\C/C=C\CCCCCCCC(=O)OCC(COC(=O)CCCCCCCCCCCCCCCCCCCCC)OC(=O)CCCCCCCCC/C=C\C/C=C\CCCCC. The van der Waals surface area contributed by atoms with E-state index in [1.165, 1.54) is 154 Å². The fourth-order valence-corrected chi connectivity index (χ4v) is 8.55. The average Bonchev–Trinajstić information content (AvgIpc) is 3.35. The lowest BCUT2D eigenvalue weighted by atomic mass is 10.0. The van der Waals surface area contributed by atoms with Gasteiger partial charge in [-0.3, -0.25) is 14.4 Å². The van der Waals surface area contributed by atoms with Crippen LogP contribution in [0.1, 0.15) is 303 Å². The standard InChI is InChI=1S/C63H112O6/c1-4-7-10-13-16-19-22-25-28-30-31-33-35-38-41-44-47-50-53-56-62(65)68-59-60(58-67-61(64)55-52-49-46-43-40-37-34-27-24-21-18-15-12-9-6-3)69-63(66)57-54-51-48-45-42-39-36-32-29-26-23-20-17-14-11-8-5-2/h9,12,17-18,20-21,26-27,29,34,60H,4-8,10-11,13-16,19,22-25,28,30-33,35-59H2,1-3H3/b12-9-,20-17-,21-18-,29-26-,34-27-. The lowest BCUT2D eigenvalue weighted by Gasteiger charge is -2.18. The summed E-state index contributed by atoms with van der Waals surface area (Å²) in [5.74, 6) is -0.892. The van der Waals surface area contributed by atoms with Crippen LogP contribution in [-0.2, 0) is 28.6 Å². The van der Waals surface area contributed by atoms with Crippen LogP contribution in [0, 0.1) is 0 Å². The molecule has 0 aromatic rings. The molecule has 0 bridgehead atoms. The Morgan fingerprint density at radius 2 is 0.565 bits per heavy atom. The van der Waals surface area contributed by atoms with Crippen LogP contribution in [0.2, 0.25) is 0 Å². The number of unbranched alkanes of at least 4 members (excludes halogenated alkanes) is 33. The highest BCUT2D eigenvalue weighted by atomic mass is 16.6.